The maximum atomic E-state index is 11.5. The van der Waals surface area contributed by atoms with Crippen LogP contribution in [0.5, 0.6) is 0 Å². The molecule has 0 spiro atoms. The van der Waals surface area contributed by atoms with Crippen LogP contribution in [0.4, 0.5) is 0 Å². The molecule has 0 aromatic carbocycles. The summed E-state index contributed by atoms with van der Waals surface area (Å²) in [4.78, 5) is 11.5. The molecule has 108 valence electrons. The highest BCUT2D eigenvalue weighted by molar-refractivity contribution is 5.73. The van der Waals surface area contributed by atoms with E-state index in [1.165, 1.54) is 38.5 Å². The van der Waals surface area contributed by atoms with Gasteiger partial charge in [-0.25, -0.2) is 0 Å². The molecule has 2 N–H and O–H groups in total. The van der Waals surface area contributed by atoms with Crippen LogP contribution in [0.2, 0.25) is 0 Å². The van der Waals surface area contributed by atoms with Gasteiger partial charge in [-0.05, 0) is 83.1 Å². The van der Waals surface area contributed by atoms with Gasteiger partial charge in [0.25, 0.3) is 0 Å². The predicted octanol–water partition coefficient (Wildman–Crippen LogP) is 3.05. The summed E-state index contributed by atoms with van der Waals surface area (Å²) in [6, 6.07) is 0. The highest BCUT2D eigenvalue weighted by Crippen LogP contribution is 2.64. The van der Waals surface area contributed by atoms with E-state index in [9.17, 15) is 9.90 Å². The molecule has 0 heterocycles. The van der Waals surface area contributed by atoms with E-state index in [0.29, 0.717) is 5.54 Å². The highest BCUT2D eigenvalue weighted by atomic mass is 16.4. The fraction of sp³-hybridized carbons (Fsp3) is 0.938. The van der Waals surface area contributed by atoms with Crippen molar-refractivity contribution in [1.82, 2.24) is 5.32 Å². The molecule has 0 aliphatic heterocycles. The van der Waals surface area contributed by atoms with E-state index in [1.54, 1.807) is 0 Å². The topological polar surface area (TPSA) is 49.3 Å². The van der Waals surface area contributed by atoms with Crippen LogP contribution in [-0.4, -0.2) is 23.7 Å². The summed E-state index contributed by atoms with van der Waals surface area (Å²) in [5.74, 6) is 1.03. The third-order valence-electron chi connectivity index (χ3n) is 6.11. The first-order valence-electron chi connectivity index (χ1n) is 7.71. The Morgan fingerprint density at radius 1 is 1.26 bits per heavy atom. The van der Waals surface area contributed by atoms with Crippen LogP contribution >= 0.6 is 0 Å². The second-order valence-electron chi connectivity index (χ2n) is 8.36. The summed E-state index contributed by atoms with van der Waals surface area (Å²) in [5.41, 5.74) is 0.0221. The molecule has 0 radical (unpaired) electrons. The molecule has 0 aromatic heterocycles. The van der Waals surface area contributed by atoms with E-state index in [4.69, 9.17) is 0 Å². The van der Waals surface area contributed by atoms with Gasteiger partial charge < -0.3 is 10.4 Å². The van der Waals surface area contributed by atoms with Crippen molar-refractivity contribution in [3.8, 4) is 0 Å². The zero-order valence-corrected chi connectivity index (χ0v) is 12.5. The number of carboxylic acid groups (broad SMARTS) is 1. The summed E-state index contributed by atoms with van der Waals surface area (Å²) in [5, 5.41) is 13.1. The predicted molar refractivity (Wildman–Crippen MR) is 74.9 cm³/mol. The van der Waals surface area contributed by atoms with Crippen molar-refractivity contribution >= 4 is 5.97 Å². The van der Waals surface area contributed by atoms with Crippen molar-refractivity contribution in [2.45, 2.75) is 64.3 Å². The largest absolute Gasteiger partial charge is 0.481 e. The second kappa shape index (κ2) is 3.97. The van der Waals surface area contributed by atoms with Crippen molar-refractivity contribution in [2.24, 2.45) is 22.7 Å². The van der Waals surface area contributed by atoms with Crippen LogP contribution < -0.4 is 5.32 Å². The van der Waals surface area contributed by atoms with Gasteiger partial charge in [0.05, 0.1) is 5.41 Å². The number of hydrogen-bond acceptors (Lipinski definition) is 2. The van der Waals surface area contributed by atoms with Crippen LogP contribution in [0.25, 0.3) is 0 Å². The SMILES string of the molecule is CNC12CC3CC(CC(CC(C)(C)C(=O)O)(C3)C1)C2. The Bertz CT molecular complexity index is 388. The lowest BCUT2D eigenvalue weighted by molar-refractivity contribution is -0.154. The minimum atomic E-state index is -0.637. The molecular formula is C16H27NO2. The first-order chi connectivity index (χ1) is 8.78. The maximum absolute atomic E-state index is 11.5. The second-order valence-corrected chi connectivity index (χ2v) is 8.36. The Labute approximate surface area is 116 Å². The summed E-state index contributed by atoms with van der Waals surface area (Å²) in [7, 11) is 2.10. The van der Waals surface area contributed by atoms with Crippen LogP contribution in [0.1, 0.15) is 58.8 Å². The van der Waals surface area contributed by atoms with Crippen LogP contribution in [0.15, 0.2) is 0 Å². The van der Waals surface area contributed by atoms with Gasteiger partial charge in [0.2, 0.25) is 0 Å². The molecule has 0 aromatic rings. The third kappa shape index (κ3) is 2.10. The van der Waals surface area contributed by atoms with Crippen molar-refractivity contribution in [3.63, 3.8) is 0 Å². The Morgan fingerprint density at radius 3 is 2.32 bits per heavy atom. The normalized spacial score (nSPS) is 44.6. The number of rotatable bonds is 4. The first kappa shape index (κ1) is 13.4. The highest BCUT2D eigenvalue weighted by Gasteiger charge is 2.58. The summed E-state index contributed by atoms with van der Waals surface area (Å²) in [6.45, 7) is 3.81. The van der Waals surface area contributed by atoms with E-state index >= 15 is 0 Å². The lowest BCUT2D eigenvalue weighted by Crippen LogP contribution is -2.61. The number of aliphatic carboxylic acids is 1. The van der Waals surface area contributed by atoms with Crippen molar-refractivity contribution in [2.75, 3.05) is 7.05 Å². The van der Waals surface area contributed by atoms with E-state index in [-0.39, 0.29) is 5.41 Å². The number of hydrogen-bond donors (Lipinski definition) is 2. The Kier molecular flexibility index (Phi) is 2.80. The molecule has 3 nitrogen and oxygen atoms in total. The van der Waals surface area contributed by atoms with E-state index in [2.05, 4.69) is 12.4 Å². The summed E-state index contributed by atoms with van der Waals surface area (Å²) < 4.78 is 0. The summed E-state index contributed by atoms with van der Waals surface area (Å²) in [6.07, 6.45) is 8.60. The zero-order chi connectivity index (χ0) is 13.9. The first-order valence-corrected chi connectivity index (χ1v) is 7.71. The van der Waals surface area contributed by atoms with Crippen molar-refractivity contribution in [1.29, 1.82) is 0 Å². The molecule has 4 saturated carbocycles. The van der Waals surface area contributed by atoms with Crippen LogP contribution in [-0.2, 0) is 4.79 Å². The van der Waals surface area contributed by atoms with Crippen LogP contribution in [0, 0.1) is 22.7 Å². The van der Waals surface area contributed by atoms with Gasteiger partial charge in [0.1, 0.15) is 0 Å². The Balaban J connectivity index is 1.86. The van der Waals surface area contributed by atoms with E-state index in [0.717, 1.165) is 18.3 Å². The maximum Gasteiger partial charge on any atom is 0.309 e. The van der Waals surface area contributed by atoms with Gasteiger partial charge in [-0.2, -0.15) is 0 Å². The smallest absolute Gasteiger partial charge is 0.309 e. The van der Waals surface area contributed by atoms with Gasteiger partial charge in [-0.3, -0.25) is 4.79 Å². The zero-order valence-electron chi connectivity index (χ0n) is 12.5. The van der Waals surface area contributed by atoms with Gasteiger partial charge in [-0.1, -0.05) is 0 Å². The minimum Gasteiger partial charge on any atom is -0.481 e. The lowest BCUT2D eigenvalue weighted by atomic mass is 9.45. The van der Waals surface area contributed by atoms with E-state index < -0.39 is 11.4 Å². The standard InChI is InChI=1S/C16H27NO2/c1-14(2,13(18)19)9-15-5-11-4-12(6-15)8-16(7-11,10-15)17-3/h11-12,17H,4-10H2,1-3H3,(H,18,19). The molecule has 0 saturated heterocycles. The average molecular weight is 265 g/mol. The van der Waals surface area contributed by atoms with Crippen LogP contribution in [0.3, 0.4) is 0 Å². The summed E-state index contributed by atoms with van der Waals surface area (Å²) >= 11 is 0. The molecule has 0 amide bonds. The fourth-order valence-corrected chi connectivity index (χ4v) is 5.96. The Morgan fingerprint density at radius 2 is 1.84 bits per heavy atom. The average Bonchev–Trinajstić information content (AvgIpc) is 2.25. The molecule has 2 atom stereocenters. The third-order valence-corrected chi connectivity index (χ3v) is 6.11. The van der Waals surface area contributed by atoms with E-state index in [1.807, 2.05) is 13.8 Å². The number of carboxylic acids is 1. The fourth-order valence-electron chi connectivity index (χ4n) is 5.96. The van der Waals surface area contributed by atoms with Gasteiger partial charge >= 0.3 is 5.97 Å². The monoisotopic (exact) mass is 265 g/mol. The molecule has 4 aliphatic carbocycles. The molecule has 3 heteroatoms. The number of nitrogens with one attached hydrogen (secondary N) is 1. The molecule has 2 unspecified atom stereocenters. The lowest BCUT2D eigenvalue weighted by Gasteiger charge is -2.63. The van der Waals surface area contributed by atoms with Gasteiger partial charge in [0.15, 0.2) is 0 Å². The van der Waals surface area contributed by atoms with Gasteiger partial charge in [0, 0.05) is 5.54 Å². The molecule has 4 fully saturated rings. The van der Waals surface area contributed by atoms with Crippen molar-refractivity contribution < 1.29 is 9.90 Å². The molecule has 4 aliphatic rings. The molecule has 19 heavy (non-hydrogen) atoms. The van der Waals surface area contributed by atoms with Gasteiger partial charge in [-0.15, -0.1) is 0 Å². The molecule has 4 bridgehead atoms. The molecular weight excluding hydrogens is 238 g/mol. The quantitative estimate of drug-likeness (QED) is 0.821. The number of carbonyl (C=O) groups is 1. The van der Waals surface area contributed by atoms with Crippen molar-refractivity contribution in [3.05, 3.63) is 0 Å². The molecule has 4 rings (SSSR count). The minimum absolute atomic E-state index is 0.287. The Hall–Kier alpha value is -0.570.